The first-order chi connectivity index (χ1) is 9.86. The first-order valence-corrected chi connectivity index (χ1v) is 8.29. The molecule has 116 valence electrons. The van der Waals surface area contributed by atoms with E-state index < -0.39 is 0 Å². The Hall–Kier alpha value is -1.10. The van der Waals surface area contributed by atoms with Crippen molar-refractivity contribution in [3.05, 3.63) is 22.9 Å². The number of nitrogens with zero attached hydrogens (tertiary/aromatic N) is 2. The van der Waals surface area contributed by atoms with Crippen molar-refractivity contribution in [2.75, 3.05) is 24.5 Å². The second kappa shape index (κ2) is 6.77. The van der Waals surface area contributed by atoms with Gasteiger partial charge in [0.2, 0.25) is 5.91 Å². The lowest BCUT2D eigenvalue weighted by atomic mass is 9.94. The van der Waals surface area contributed by atoms with Gasteiger partial charge in [-0.1, -0.05) is 20.8 Å². The van der Waals surface area contributed by atoms with Crippen LogP contribution >= 0.6 is 15.9 Å². The fraction of sp³-hybridized carbons (Fsp3) is 0.625. The molecule has 1 aromatic heterocycles. The minimum absolute atomic E-state index is 0.128. The molecule has 0 saturated carbocycles. The number of rotatable bonds is 3. The van der Waals surface area contributed by atoms with Crippen LogP contribution in [0.3, 0.4) is 0 Å². The molecule has 2 heterocycles. The molecule has 1 fully saturated rings. The quantitative estimate of drug-likeness (QED) is 0.907. The van der Waals surface area contributed by atoms with Gasteiger partial charge in [0.1, 0.15) is 0 Å². The minimum Gasteiger partial charge on any atom is -0.370 e. The maximum Gasteiger partial charge on any atom is 0.225 e. The van der Waals surface area contributed by atoms with Crippen LogP contribution in [0.25, 0.3) is 0 Å². The molecule has 0 spiro atoms. The Morgan fingerprint density at radius 2 is 2.24 bits per heavy atom. The number of carbonyl (C=O) groups is 1. The monoisotopic (exact) mass is 353 g/mol. The molecule has 0 radical (unpaired) electrons. The number of nitrogens with one attached hydrogen (secondary N) is 1. The molecule has 1 amide bonds. The summed E-state index contributed by atoms with van der Waals surface area (Å²) in [6.45, 7) is 8.63. The number of anilines is 1. The molecule has 1 saturated heterocycles. The molecule has 0 bridgehead atoms. The van der Waals surface area contributed by atoms with Crippen molar-refractivity contribution in [1.29, 1.82) is 0 Å². The van der Waals surface area contributed by atoms with Gasteiger partial charge >= 0.3 is 0 Å². The van der Waals surface area contributed by atoms with E-state index in [1.807, 2.05) is 27.0 Å². The summed E-state index contributed by atoms with van der Waals surface area (Å²) >= 11 is 3.47. The highest BCUT2D eigenvalue weighted by Crippen LogP contribution is 2.24. The Morgan fingerprint density at radius 1 is 1.48 bits per heavy atom. The maximum atomic E-state index is 12.0. The SMILES string of the molecule is CC(C)(C)C(=O)NCC1CCCN(c2cncc(Br)c2)C1. The van der Waals surface area contributed by atoms with Crippen LogP contribution in [0.5, 0.6) is 0 Å². The lowest BCUT2D eigenvalue weighted by Gasteiger charge is -2.34. The third-order valence-corrected chi connectivity index (χ3v) is 4.24. The van der Waals surface area contributed by atoms with Gasteiger partial charge in [-0.25, -0.2) is 0 Å². The average Bonchev–Trinajstić information content (AvgIpc) is 2.44. The van der Waals surface area contributed by atoms with Gasteiger partial charge in [-0.3, -0.25) is 9.78 Å². The van der Waals surface area contributed by atoms with Crippen LogP contribution in [-0.4, -0.2) is 30.5 Å². The highest BCUT2D eigenvalue weighted by molar-refractivity contribution is 9.10. The van der Waals surface area contributed by atoms with Crippen molar-refractivity contribution < 1.29 is 4.79 Å². The van der Waals surface area contributed by atoms with Crippen molar-refractivity contribution in [2.45, 2.75) is 33.6 Å². The van der Waals surface area contributed by atoms with Crippen LogP contribution in [0.1, 0.15) is 33.6 Å². The predicted octanol–water partition coefficient (Wildman–Crippen LogP) is 3.22. The molecular weight excluding hydrogens is 330 g/mol. The highest BCUT2D eigenvalue weighted by atomic mass is 79.9. The molecule has 21 heavy (non-hydrogen) atoms. The molecule has 1 atom stereocenters. The summed E-state index contributed by atoms with van der Waals surface area (Å²) < 4.78 is 1.00. The predicted molar refractivity (Wildman–Crippen MR) is 89.3 cm³/mol. The van der Waals surface area contributed by atoms with E-state index in [1.54, 1.807) is 6.20 Å². The third kappa shape index (κ3) is 4.70. The zero-order valence-electron chi connectivity index (χ0n) is 13.0. The van der Waals surface area contributed by atoms with Crippen LogP contribution in [0, 0.1) is 11.3 Å². The van der Waals surface area contributed by atoms with Crippen molar-refractivity contribution >= 4 is 27.5 Å². The third-order valence-electron chi connectivity index (χ3n) is 3.81. The Morgan fingerprint density at radius 3 is 2.90 bits per heavy atom. The largest absolute Gasteiger partial charge is 0.370 e. The number of pyridine rings is 1. The number of hydrogen-bond acceptors (Lipinski definition) is 3. The topological polar surface area (TPSA) is 45.2 Å². The Labute approximate surface area is 135 Å². The lowest BCUT2D eigenvalue weighted by molar-refractivity contribution is -0.128. The fourth-order valence-electron chi connectivity index (χ4n) is 2.54. The van der Waals surface area contributed by atoms with Crippen LogP contribution in [0.4, 0.5) is 5.69 Å². The number of amides is 1. The number of aromatic nitrogens is 1. The molecule has 5 heteroatoms. The highest BCUT2D eigenvalue weighted by Gasteiger charge is 2.24. The molecule has 1 unspecified atom stereocenters. The Kier molecular flexibility index (Phi) is 5.25. The van der Waals surface area contributed by atoms with E-state index in [0.717, 1.165) is 36.2 Å². The molecule has 0 aliphatic carbocycles. The lowest BCUT2D eigenvalue weighted by Crippen LogP contribution is -2.43. The summed E-state index contributed by atoms with van der Waals surface area (Å²) in [5.74, 6) is 0.632. The van der Waals surface area contributed by atoms with Gasteiger partial charge in [0.05, 0.1) is 11.9 Å². The van der Waals surface area contributed by atoms with Gasteiger partial charge in [0.15, 0.2) is 0 Å². The summed E-state index contributed by atoms with van der Waals surface area (Å²) in [6.07, 6.45) is 6.03. The van der Waals surface area contributed by atoms with Crippen molar-refractivity contribution in [3.8, 4) is 0 Å². The van der Waals surface area contributed by atoms with Gasteiger partial charge in [-0.2, -0.15) is 0 Å². The molecule has 1 N–H and O–H groups in total. The van der Waals surface area contributed by atoms with E-state index in [-0.39, 0.29) is 11.3 Å². The van der Waals surface area contributed by atoms with Crippen molar-refractivity contribution in [2.24, 2.45) is 11.3 Å². The normalized spacial score (nSPS) is 19.4. The molecule has 1 aliphatic rings. The number of piperidine rings is 1. The van der Waals surface area contributed by atoms with Gasteiger partial charge in [0, 0.05) is 35.7 Å². The summed E-state index contributed by atoms with van der Waals surface area (Å²) in [5.41, 5.74) is 0.832. The van der Waals surface area contributed by atoms with Crippen molar-refractivity contribution in [3.63, 3.8) is 0 Å². The first-order valence-electron chi connectivity index (χ1n) is 7.50. The van der Waals surface area contributed by atoms with Crippen LogP contribution < -0.4 is 10.2 Å². The summed E-state index contributed by atoms with van der Waals surface area (Å²) in [4.78, 5) is 18.6. The van der Waals surface area contributed by atoms with E-state index in [0.29, 0.717) is 5.92 Å². The number of halogens is 1. The molecule has 1 aromatic rings. The zero-order valence-corrected chi connectivity index (χ0v) is 14.6. The van der Waals surface area contributed by atoms with E-state index in [4.69, 9.17) is 0 Å². The fourth-order valence-corrected chi connectivity index (χ4v) is 2.89. The number of carbonyl (C=O) groups excluding carboxylic acids is 1. The standard InChI is InChI=1S/C16H24BrN3O/c1-16(2,3)15(21)19-8-12-5-4-6-20(11-12)14-7-13(17)9-18-10-14/h7,9-10,12H,4-6,8,11H2,1-3H3,(H,19,21). The average molecular weight is 354 g/mol. The van der Waals surface area contributed by atoms with E-state index in [1.165, 1.54) is 6.42 Å². The molecule has 1 aliphatic heterocycles. The smallest absolute Gasteiger partial charge is 0.225 e. The molecule has 4 nitrogen and oxygen atoms in total. The van der Waals surface area contributed by atoms with Crippen LogP contribution in [0.2, 0.25) is 0 Å². The van der Waals surface area contributed by atoms with E-state index >= 15 is 0 Å². The molecule has 0 aromatic carbocycles. The van der Waals surface area contributed by atoms with Gasteiger partial charge in [-0.05, 0) is 40.8 Å². The molecular formula is C16H24BrN3O. The van der Waals surface area contributed by atoms with Gasteiger partial charge < -0.3 is 10.2 Å². The van der Waals surface area contributed by atoms with E-state index in [9.17, 15) is 4.79 Å². The second-order valence-corrected chi connectivity index (χ2v) is 7.69. The van der Waals surface area contributed by atoms with E-state index in [2.05, 4.69) is 37.2 Å². The molecule has 2 rings (SSSR count). The second-order valence-electron chi connectivity index (χ2n) is 6.78. The minimum atomic E-state index is -0.317. The summed E-state index contributed by atoms with van der Waals surface area (Å²) in [7, 11) is 0. The summed E-state index contributed by atoms with van der Waals surface area (Å²) in [5, 5.41) is 3.09. The maximum absolute atomic E-state index is 12.0. The summed E-state index contributed by atoms with van der Waals surface area (Å²) in [6, 6.07) is 2.10. The van der Waals surface area contributed by atoms with Gasteiger partial charge in [0.25, 0.3) is 0 Å². The van der Waals surface area contributed by atoms with Crippen LogP contribution in [0.15, 0.2) is 22.9 Å². The zero-order chi connectivity index (χ0) is 15.5. The Bertz CT molecular complexity index is 499. The number of hydrogen-bond donors (Lipinski definition) is 1. The Balaban J connectivity index is 1.91. The van der Waals surface area contributed by atoms with Crippen LogP contribution in [-0.2, 0) is 4.79 Å². The first kappa shape index (κ1) is 16.3. The van der Waals surface area contributed by atoms with Gasteiger partial charge in [-0.15, -0.1) is 0 Å². The van der Waals surface area contributed by atoms with Crippen molar-refractivity contribution in [1.82, 2.24) is 10.3 Å².